The number of hydrogen-bond donors (Lipinski definition) is 1. The number of esters is 1. The van der Waals surface area contributed by atoms with E-state index in [9.17, 15) is 4.79 Å². The lowest BCUT2D eigenvalue weighted by Gasteiger charge is -2.05. The molecule has 0 bridgehead atoms. The van der Waals surface area contributed by atoms with Crippen LogP contribution in [0, 0.1) is 0 Å². The number of carbonyl (C=O) groups excluding carboxylic acids is 1. The third kappa shape index (κ3) is 2.89. The van der Waals surface area contributed by atoms with Crippen molar-refractivity contribution in [2.45, 2.75) is 11.9 Å². The van der Waals surface area contributed by atoms with Gasteiger partial charge in [-0.1, -0.05) is 11.8 Å². The number of nitrogens with two attached hydrogens (primary N) is 1. The fraction of sp³-hybridized carbons (Fsp3) is 0.250. The summed E-state index contributed by atoms with van der Waals surface area (Å²) in [5.74, 6) is -0.00523. The number of benzene rings is 1. The summed E-state index contributed by atoms with van der Waals surface area (Å²) in [6.45, 7) is 2.17. The largest absolute Gasteiger partial charge is 0.465 e. The molecule has 0 saturated heterocycles. The summed E-state index contributed by atoms with van der Waals surface area (Å²) in [6.07, 6.45) is 1.47. The van der Waals surface area contributed by atoms with Gasteiger partial charge in [-0.05, 0) is 25.1 Å². The molecule has 5 nitrogen and oxygen atoms in total. The Morgan fingerprint density at radius 2 is 2.28 bits per heavy atom. The van der Waals surface area contributed by atoms with Gasteiger partial charge in [0.25, 0.3) is 0 Å². The maximum absolute atomic E-state index is 11.3. The van der Waals surface area contributed by atoms with E-state index in [0.29, 0.717) is 12.3 Å². The van der Waals surface area contributed by atoms with Crippen LogP contribution in [0.3, 0.4) is 0 Å². The van der Waals surface area contributed by atoms with Crippen LogP contribution < -0.4 is 5.73 Å². The van der Waals surface area contributed by atoms with Crippen LogP contribution in [0.25, 0.3) is 10.9 Å². The second-order valence-electron chi connectivity index (χ2n) is 3.55. The molecule has 0 aliphatic heterocycles. The van der Waals surface area contributed by atoms with Crippen LogP contribution in [0.5, 0.6) is 0 Å². The predicted molar refractivity (Wildman–Crippen MR) is 71.3 cm³/mol. The van der Waals surface area contributed by atoms with Gasteiger partial charge in [-0.25, -0.2) is 9.97 Å². The van der Waals surface area contributed by atoms with Crippen molar-refractivity contribution in [1.82, 2.24) is 9.97 Å². The van der Waals surface area contributed by atoms with Crippen molar-refractivity contribution in [2.24, 2.45) is 0 Å². The third-order valence-corrected chi connectivity index (χ3v) is 3.23. The van der Waals surface area contributed by atoms with Gasteiger partial charge >= 0.3 is 5.97 Å². The van der Waals surface area contributed by atoms with Crippen LogP contribution in [-0.4, -0.2) is 28.3 Å². The van der Waals surface area contributed by atoms with Crippen molar-refractivity contribution >= 4 is 34.3 Å². The number of aromatic nitrogens is 2. The number of carbonyl (C=O) groups is 1. The Kier molecular flexibility index (Phi) is 3.99. The first-order valence-corrected chi connectivity index (χ1v) is 6.48. The lowest BCUT2D eigenvalue weighted by atomic mass is 10.2. The van der Waals surface area contributed by atoms with E-state index in [1.807, 2.05) is 6.07 Å². The first kappa shape index (κ1) is 12.6. The summed E-state index contributed by atoms with van der Waals surface area (Å²) in [5.41, 5.74) is 7.12. The van der Waals surface area contributed by atoms with E-state index in [4.69, 9.17) is 10.5 Å². The van der Waals surface area contributed by atoms with Gasteiger partial charge in [-0.3, -0.25) is 4.79 Å². The number of fused-ring (bicyclic) bond motifs is 1. The molecule has 1 heterocycles. The summed E-state index contributed by atoms with van der Waals surface area (Å²) in [6, 6.07) is 5.43. The highest BCUT2D eigenvalue weighted by Gasteiger charge is 2.08. The SMILES string of the molecule is CCOC(=O)CSc1ncnc2cc(N)ccc12. The van der Waals surface area contributed by atoms with Gasteiger partial charge in [-0.2, -0.15) is 0 Å². The van der Waals surface area contributed by atoms with Crippen molar-refractivity contribution in [1.29, 1.82) is 0 Å². The van der Waals surface area contributed by atoms with Crippen molar-refractivity contribution in [2.75, 3.05) is 18.1 Å². The molecule has 18 heavy (non-hydrogen) atoms. The molecule has 1 aromatic carbocycles. The quantitative estimate of drug-likeness (QED) is 0.392. The zero-order valence-corrected chi connectivity index (χ0v) is 10.7. The monoisotopic (exact) mass is 263 g/mol. The van der Waals surface area contributed by atoms with Crippen LogP contribution >= 0.6 is 11.8 Å². The molecule has 94 valence electrons. The van der Waals surface area contributed by atoms with Gasteiger partial charge in [0.2, 0.25) is 0 Å². The van der Waals surface area contributed by atoms with Gasteiger partial charge in [0, 0.05) is 11.1 Å². The minimum Gasteiger partial charge on any atom is -0.465 e. The normalized spacial score (nSPS) is 10.5. The minimum absolute atomic E-state index is 0.240. The second kappa shape index (κ2) is 5.68. The number of anilines is 1. The first-order valence-electron chi connectivity index (χ1n) is 5.49. The molecular weight excluding hydrogens is 250 g/mol. The summed E-state index contributed by atoms with van der Waals surface area (Å²) < 4.78 is 4.87. The molecule has 6 heteroatoms. The smallest absolute Gasteiger partial charge is 0.316 e. The Bertz CT molecular complexity index is 574. The van der Waals surface area contributed by atoms with Crippen LogP contribution in [0.4, 0.5) is 5.69 Å². The van der Waals surface area contributed by atoms with Gasteiger partial charge < -0.3 is 10.5 Å². The Labute approximate surface area is 109 Å². The zero-order valence-electron chi connectivity index (χ0n) is 9.92. The number of nitrogens with zero attached hydrogens (tertiary/aromatic N) is 2. The van der Waals surface area contributed by atoms with Crippen molar-refractivity contribution in [3.8, 4) is 0 Å². The average Bonchev–Trinajstić information content (AvgIpc) is 2.36. The number of rotatable bonds is 4. The third-order valence-electron chi connectivity index (χ3n) is 2.26. The fourth-order valence-corrected chi connectivity index (χ4v) is 2.28. The summed E-state index contributed by atoms with van der Waals surface area (Å²) in [5, 5.41) is 1.65. The van der Waals surface area contributed by atoms with Crippen molar-refractivity contribution < 1.29 is 9.53 Å². The van der Waals surface area contributed by atoms with Crippen LogP contribution in [-0.2, 0) is 9.53 Å². The minimum atomic E-state index is -0.246. The molecule has 0 amide bonds. The molecular formula is C12H13N3O2S. The van der Waals surface area contributed by atoms with E-state index in [1.165, 1.54) is 18.1 Å². The van der Waals surface area contributed by atoms with E-state index >= 15 is 0 Å². The van der Waals surface area contributed by atoms with Crippen molar-refractivity contribution in [3.05, 3.63) is 24.5 Å². The number of nitrogen functional groups attached to an aromatic ring is 1. The summed E-state index contributed by atoms with van der Waals surface area (Å²) in [7, 11) is 0. The highest BCUT2D eigenvalue weighted by Crippen LogP contribution is 2.25. The Morgan fingerprint density at radius 1 is 1.44 bits per heavy atom. The molecule has 0 aliphatic carbocycles. The van der Waals surface area contributed by atoms with Crippen LogP contribution in [0.1, 0.15) is 6.92 Å². The van der Waals surface area contributed by atoms with Crippen LogP contribution in [0.15, 0.2) is 29.6 Å². The number of thioether (sulfide) groups is 1. The average molecular weight is 263 g/mol. The van der Waals surface area contributed by atoms with E-state index in [0.717, 1.165) is 15.9 Å². The maximum atomic E-state index is 11.3. The Balaban J connectivity index is 2.20. The molecule has 0 spiro atoms. The molecule has 0 radical (unpaired) electrons. The molecule has 2 aromatic rings. The number of hydrogen-bond acceptors (Lipinski definition) is 6. The maximum Gasteiger partial charge on any atom is 0.316 e. The molecule has 0 atom stereocenters. The molecule has 0 unspecified atom stereocenters. The predicted octanol–water partition coefficient (Wildman–Crippen LogP) is 1.87. The molecule has 0 aliphatic rings. The standard InChI is InChI=1S/C12H13N3O2S/c1-2-17-11(16)6-18-12-9-4-3-8(13)5-10(9)14-7-15-12/h3-5,7H,2,6,13H2,1H3. The Morgan fingerprint density at radius 3 is 3.06 bits per heavy atom. The van der Waals surface area contributed by atoms with Gasteiger partial charge in [-0.15, -0.1) is 0 Å². The lowest BCUT2D eigenvalue weighted by molar-refractivity contribution is -0.139. The van der Waals surface area contributed by atoms with E-state index in [-0.39, 0.29) is 11.7 Å². The molecule has 0 saturated carbocycles. The highest BCUT2D eigenvalue weighted by molar-refractivity contribution is 8.00. The van der Waals surface area contributed by atoms with E-state index < -0.39 is 0 Å². The Hall–Kier alpha value is -1.82. The first-order chi connectivity index (χ1) is 8.70. The topological polar surface area (TPSA) is 78.1 Å². The highest BCUT2D eigenvalue weighted by atomic mass is 32.2. The second-order valence-corrected chi connectivity index (χ2v) is 4.51. The van der Waals surface area contributed by atoms with E-state index in [1.54, 1.807) is 19.1 Å². The number of ether oxygens (including phenoxy) is 1. The lowest BCUT2D eigenvalue weighted by Crippen LogP contribution is -2.06. The summed E-state index contributed by atoms with van der Waals surface area (Å²) >= 11 is 1.34. The van der Waals surface area contributed by atoms with Gasteiger partial charge in [0.1, 0.15) is 11.4 Å². The van der Waals surface area contributed by atoms with E-state index in [2.05, 4.69) is 9.97 Å². The zero-order chi connectivity index (χ0) is 13.0. The van der Waals surface area contributed by atoms with Crippen LogP contribution in [0.2, 0.25) is 0 Å². The molecule has 2 rings (SSSR count). The van der Waals surface area contributed by atoms with Gasteiger partial charge in [0.05, 0.1) is 17.9 Å². The summed E-state index contributed by atoms with van der Waals surface area (Å²) in [4.78, 5) is 19.6. The molecule has 2 N–H and O–H groups in total. The molecule has 0 fully saturated rings. The van der Waals surface area contributed by atoms with Crippen molar-refractivity contribution in [3.63, 3.8) is 0 Å². The van der Waals surface area contributed by atoms with Gasteiger partial charge in [0.15, 0.2) is 0 Å². The molecule has 1 aromatic heterocycles. The fourth-order valence-electron chi connectivity index (χ4n) is 1.49.